The van der Waals surface area contributed by atoms with Crippen molar-refractivity contribution < 1.29 is 19.1 Å². The molecule has 2 amide bonds. The fourth-order valence-electron chi connectivity index (χ4n) is 3.42. The van der Waals surface area contributed by atoms with E-state index in [1.54, 1.807) is 31.2 Å². The second-order valence-corrected chi connectivity index (χ2v) is 7.21. The van der Waals surface area contributed by atoms with E-state index in [4.69, 9.17) is 9.47 Å². The third-order valence-corrected chi connectivity index (χ3v) is 5.05. The molecule has 3 aromatic rings. The summed E-state index contributed by atoms with van der Waals surface area (Å²) >= 11 is 0. The Bertz CT molecular complexity index is 1190. The number of carbonyl (C=O) groups excluding carboxylic acids is 2. The fraction of sp³-hybridized carbons (Fsp3) is 0.208. The number of H-pyrrole nitrogens is 1. The summed E-state index contributed by atoms with van der Waals surface area (Å²) in [6, 6.07) is 17.6. The lowest BCUT2D eigenvalue weighted by Gasteiger charge is -2.21. The van der Waals surface area contributed by atoms with Crippen LogP contribution < -0.4 is 20.3 Å². The zero-order chi connectivity index (χ0) is 22.5. The number of nitrogens with zero attached hydrogens (tertiary/aromatic N) is 1. The molecule has 8 nitrogen and oxygen atoms in total. The number of nitrogens with one attached hydrogen (secondary N) is 2. The number of hydrogen-bond acceptors (Lipinski definition) is 5. The Kier molecular flexibility index (Phi) is 6.21. The van der Waals surface area contributed by atoms with E-state index in [1.807, 2.05) is 30.3 Å². The minimum Gasteiger partial charge on any atom is -0.486 e. The van der Waals surface area contributed by atoms with Gasteiger partial charge < -0.3 is 24.7 Å². The predicted molar refractivity (Wildman–Crippen MR) is 120 cm³/mol. The highest BCUT2D eigenvalue weighted by Crippen LogP contribution is 2.32. The molecule has 1 aliphatic heterocycles. The van der Waals surface area contributed by atoms with Crippen LogP contribution in [-0.4, -0.2) is 48.0 Å². The lowest BCUT2D eigenvalue weighted by atomic mass is 10.1. The second kappa shape index (κ2) is 9.38. The predicted octanol–water partition coefficient (Wildman–Crippen LogP) is 2.91. The first-order valence-corrected chi connectivity index (χ1v) is 10.3. The SMILES string of the molecule is CCN(CC(=O)Nc1ccc2c(c1)OCCO2)C(=O)c1ccc(-c2ccccc2)[nH]c1=O. The number of fused-ring (bicyclic) bond motifs is 1. The largest absolute Gasteiger partial charge is 0.486 e. The van der Waals surface area contributed by atoms with Gasteiger partial charge in [-0.05, 0) is 36.8 Å². The number of ether oxygens (including phenoxy) is 2. The molecular formula is C24H23N3O5. The van der Waals surface area contributed by atoms with Crippen LogP contribution in [0.25, 0.3) is 11.3 Å². The van der Waals surface area contributed by atoms with Gasteiger partial charge in [-0.1, -0.05) is 30.3 Å². The van der Waals surface area contributed by atoms with Crippen LogP contribution in [0.15, 0.2) is 65.5 Å². The third-order valence-electron chi connectivity index (χ3n) is 5.05. The molecule has 0 fully saturated rings. The number of carbonyl (C=O) groups is 2. The molecule has 2 aromatic carbocycles. The van der Waals surface area contributed by atoms with Crippen LogP contribution in [0, 0.1) is 0 Å². The molecule has 1 aliphatic rings. The number of anilines is 1. The Morgan fingerprint density at radius 3 is 2.47 bits per heavy atom. The van der Waals surface area contributed by atoms with Crippen LogP contribution in [0.4, 0.5) is 5.69 Å². The molecule has 0 aliphatic carbocycles. The molecule has 0 spiro atoms. The van der Waals surface area contributed by atoms with Gasteiger partial charge in [0.2, 0.25) is 5.91 Å². The Morgan fingerprint density at radius 1 is 1.00 bits per heavy atom. The van der Waals surface area contributed by atoms with Gasteiger partial charge in [-0.3, -0.25) is 14.4 Å². The van der Waals surface area contributed by atoms with E-state index in [2.05, 4.69) is 10.3 Å². The van der Waals surface area contributed by atoms with Gasteiger partial charge in [-0.25, -0.2) is 0 Å². The molecule has 164 valence electrons. The Labute approximate surface area is 184 Å². The molecule has 0 saturated carbocycles. The summed E-state index contributed by atoms with van der Waals surface area (Å²) in [5.41, 5.74) is 1.48. The van der Waals surface area contributed by atoms with E-state index in [9.17, 15) is 14.4 Å². The first kappa shape index (κ1) is 21.2. The number of rotatable bonds is 6. The molecule has 8 heteroatoms. The summed E-state index contributed by atoms with van der Waals surface area (Å²) < 4.78 is 11.0. The van der Waals surface area contributed by atoms with Gasteiger partial charge >= 0.3 is 0 Å². The fourth-order valence-corrected chi connectivity index (χ4v) is 3.42. The average molecular weight is 433 g/mol. The maximum atomic E-state index is 12.9. The molecule has 32 heavy (non-hydrogen) atoms. The lowest BCUT2D eigenvalue weighted by molar-refractivity contribution is -0.116. The van der Waals surface area contributed by atoms with Gasteiger partial charge in [-0.2, -0.15) is 0 Å². The van der Waals surface area contributed by atoms with Gasteiger partial charge in [0.05, 0.1) is 0 Å². The standard InChI is InChI=1S/C24H23N3O5/c1-2-27(15-22(28)25-17-8-11-20-21(14-17)32-13-12-31-20)24(30)18-9-10-19(26-23(18)29)16-6-4-3-5-7-16/h3-11,14H,2,12-13,15H2,1H3,(H,25,28)(H,26,29). The van der Waals surface area contributed by atoms with Crippen molar-refractivity contribution in [1.29, 1.82) is 0 Å². The van der Waals surface area contributed by atoms with Gasteiger partial charge in [0.1, 0.15) is 25.3 Å². The van der Waals surface area contributed by atoms with Crippen LogP contribution in [0.1, 0.15) is 17.3 Å². The zero-order valence-electron chi connectivity index (χ0n) is 17.6. The number of aromatic nitrogens is 1. The molecule has 2 heterocycles. The highest BCUT2D eigenvalue weighted by Gasteiger charge is 2.21. The normalized spacial score (nSPS) is 12.2. The number of benzene rings is 2. The first-order chi connectivity index (χ1) is 15.5. The minimum atomic E-state index is -0.509. The number of hydrogen-bond donors (Lipinski definition) is 2. The van der Waals surface area contributed by atoms with E-state index in [-0.39, 0.29) is 24.6 Å². The van der Waals surface area contributed by atoms with Crippen molar-refractivity contribution in [3.8, 4) is 22.8 Å². The van der Waals surface area contributed by atoms with Crippen LogP contribution in [0.5, 0.6) is 11.5 Å². The summed E-state index contributed by atoms with van der Waals surface area (Å²) in [4.78, 5) is 42.1. The van der Waals surface area contributed by atoms with E-state index in [0.717, 1.165) is 5.56 Å². The number of likely N-dealkylation sites (N-methyl/N-ethyl adjacent to an activating group) is 1. The van der Waals surface area contributed by atoms with E-state index in [1.165, 1.54) is 11.0 Å². The summed E-state index contributed by atoms with van der Waals surface area (Å²) in [5.74, 6) is 0.292. The first-order valence-electron chi connectivity index (χ1n) is 10.3. The molecule has 1 aromatic heterocycles. The van der Waals surface area contributed by atoms with Crippen LogP contribution in [0.3, 0.4) is 0 Å². The summed E-state index contributed by atoms with van der Waals surface area (Å²) in [5, 5.41) is 2.75. The smallest absolute Gasteiger partial charge is 0.261 e. The monoisotopic (exact) mass is 433 g/mol. The van der Waals surface area contributed by atoms with Crippen molar-refractivity contribution >= 4 is 17.5 Å². The lowest BCUT2D eigenvalue weighted by Crippen LogP contribution is -2.40. The Balaban J connectivity index is 1.45. The summed E-state index contributed by atoms with van der Waals surface area (Å²) in [6.45, 7) is 2.76. The summed E-state index contributed by atoms with van der Waals surface area (Å²) in [6.07, 6.45) is 0. The van der Waals surface area contributed by atoms with Gasteiger partial charge in [-0.15, -0.1) is 0 Å². The zero-order valence-corrected chi connectivity index (χ0v) is 17.6. The molecule has 0 unspecified atom stereocenters. The second-order valence-electron chi connectivity index (χ2n) is 7.21. The van der Waals surface area contributed by atoms with Gasteiger partial charge in [0, 0.05) is 24.0 Å². The quantitative estimate of drug-likeness (QED) is 0.623. The molecule has 0 bridgehead atoms. The van der Waals surface area contributed by atoms with Crippen LogP contribution >= 0.6 is 0 Å². The van der Waals surface area contributed by atoms with Crippen molar-refractivity contribution in [2.45, 2.75) is 6.92 Å². The van der Waals surface area contributed by atoms with Crippen molar-refractivity contribution in [3.63, 3.8) is 0 Å². The van der Waals surface area contributed by atoms with Crippen molar-refractivity contribution in [1.82, 2.24) is 9.88 Å². The average Bonchev–Trinajstić information content (AvgIpc) is 2.82. The van der Waals surface area contributed by atoms with E-state index < -0.39 is 11.5 Å². The number of amides is 2. The molecule has 2 N–H and O–H groups in total. The maximum Gasteiger partial charge on any atom is 0.261 e. The van der Waals surface area contributed by atoms with Crippen molar-refractivity contribution in [2.24, 2.45) is 0 Å². The Hall–Kier alpha value is -4.07. The van der Waals surface area contributed by atoms with Crippen LogP contribution in [0.2, 0.25) is 0 Å². The molecule has 0 radical (unpaired) electrons. The highest BCUT2D eigenvalue weighted by molar-refractivity contribution is 5.99. The number of aromatic amines is 1. The van der Waals surface area contributed by atoms with Crippen LogP contribution in [-0.2, 0) is 4.79 Å². The van der Waals surface area contributed by atoms with Crippen molar-refractivity contribution in [2.75, 3.05) is 31.6 Å². The molecule has 0 atom stereocenters. The van der Waals surface area contributed by atoms with E-state index in [0.29, 0.717) is 36.1 Å². The van der Waals surface area contributed by atoms with Gasteiger partial charge in [0.15, 0.2) is 11.5 Å². The number of pyridine rings is 1. The minimum absolute atomic E-state index is 0.0151. The van der Waals surface area contributed by atoms with Crippen molar-refractivity contribution in [3.05, 3.63) is 76.6 Å². The molecule has 4 rings (SSSR count). The molecule has 0 saturated heterocycles. The Morgan fingerprint density at radius 2 is 1.75 bits per heavy atom. The maximum absolute atomic E-state index is 12.9. The molecular weight excluding hydrogens is 410 g/mol. The van der Waals surface area contributed by atoms with Gasteiger partial charge in [0.25, 0.3) is 11.5 Å². The highest BCUT2D eigenvalue weighted by atomic mass is 16.6. The third kappa shape index (κ3) is 4.64. The summed E-state index contributed by atoms with van der Waals surface area (Å²) in [7, 11) is 0. The topological polar surface area (TPSA) is 101 Å². The van der Waals surface area contributed by atoms with E-state index >= 15 is 0 Å².